The summed E-state index contributed by atoms with van der Waals surface area (Å²) in [5, 5.41) is 6.08. The van der Waals surface area contributed by atoms with Gasteiger partial charge in [0.25, 0.3) is 5.56 Å². The Morgan fingerprint density at radius 2 is 1.93 bits per heavy atom. The lowest BCUT2D eigenvalue weighted by Crippen LogP contribution is -2.35. The molecule has 160 valence electrons. The maximum Gasteiger partial charge on any atom is 0.254 e. The summed E-state index contributed by atoms with van der Waals surface area (Å²) in [6.45, 7) is 4.89. The fraction of sp³-hybridized carbons (Fsp3) is 0.571. The molecule has 30 heavy (non-hydrogen) atoms. The molecular formula is C21H29N7O2. The van der Waals surface area contributed by atoms with Crippen LogP contribution in [0.2, 0.25) is 0 Å². The second-order valence-corrected chi connectivity index (χ2v) is 8.04. The van der Waals surface area contributed by atoms with Crippen molar-refractivity contribution >= 4 is 17.5 Å². The van der Waals surface area contributed by atoms with E-state index in [1.54, 1.807) is 6.07 Å². The first-order valence-electron chi connectivity index (χ1n) is 10.8. The van der Waals surface area contributed by atoms with Crippen LogP contribution in [0.5, 0.6) is 0 Å². The number of aromatic nitrogens is 4. The lowest BCUT2D eigenvalue weighted by atomic mass is 10.1. The molecule has 0 unspecified atom stereocenters. The third-order valence-corrected chi connectivity index (χ3v) is 5.47. The predicted octanol–water partition coefficient (Wildman–Crippen LogP) is 1.44. The van der Waals surface area contributed by atoms with E-state index in [9.17, 15) is 9.59 Å². The molecule has 0 atom stereocenters. The van der Waals surface area contributed by atoms with E-state index in [1.165, 1.54) is 30.2 Å². The summed E-state index contributed by atoms with van der Waals surface area (Å²) in [5.74, 6) is 2.65. The normalized spacial score (nSPS) is 16.4. The molecule has 1 aliphatic carbocycles. The molecule has 1 amide bonds. The highest BCUT2D eigenvalue weighted by Crippen LogP contribution is 2.38. The van der Waals surface area contributed by atoms with Gasteiger partial charge in [0.05, 0.1) is 12.0 Å². The standard InChI is InChI=1S/C21H29N7O2/c1-15-25-18(12-19(26-15)27-9-3-2-4-10-27)22-7-8-23-20(29)13-28-14-24-17(11-21(28)30)16-5-6-16/h11-12,14,16H,2-10,13H2,1H3,(H,23,29)(H,22,25,26). The van der Waals surface area contributed by atoms with Gasteiger partial charge in [-0.25, -0.2) is 15.0 Å². The number of piperidine rings is 1. The number of anilines is 2. The van der Waals surface area contributed by atoms with Crippen molar-refractivity contribution < 1.29 is 4.79 Å². The van der Waals surface area contributed by atoms with Crippen LogP contribution in [0.3, 0.4) is 0 Å². The second kappa shape index (κ2) is 9.23. The molecule has 1 saturated carbocycles. The van der Waals surface area contributed by atoms with Gasteiger partial charge in [0.2, 0.25) is 5.91 Å². The molecule has 9 heteroatoms. The highest BCUT2D eigenvalue weighted by molar-refractivity contribution is 5.75. The van der Waals surface area contributed by atoms with E-state index >= 15 is 0 Å². The molecule has 1 aliphatic heterocycles. The monoisotopic (exact) mass is 411 g/mol. The van der Waals surface area contributed by atoms with E-state index in [2.05, 4.69) is 30.5 Å². The van der Waals surface area contributed by atoms with Crippen molar-refractivity contribution in [2.45, 2.75) is 51.5 Å². The quantitative estimate of drug-likeness (QED) is 0.633. The molecule has 0 bridgehead atoms. The van der Waals surface area contributed by atoms with Gasteiger partial charge in [0.15, 0.2) is 0 Å². The number of rotatable bonds is 8. The number of nitrogens with zero attached hydrogens (tertiary/aromatic N) is 5. The molecule has 2 aliphatic rings. The first-order valence-corrected chi connectivity index (χ1v) is 10.8. The highest BCUT2D eigenvalue weighted by Gasteiger charge is 2.25. The minimum atomic E-state index is -0.215. The Hall–Kier alpha value is -2.97. The number of hydrogen-bond donors (Lipinski definition) is 2. The number of carbonyl (C=O) groups excluding carboxylic acids is 1. The van der Waals surface area contributed by atoms with Crippen molar-refractivity contribution in [2.75, 3.05) is 36.4 Å². The summed E-state index contributed by atoms with van der Waals surface area (Å²) in [6.07, 6.45) is 7.32. The number of hydrogen-bond acceptors (Lipinski definition) is 7. The Morgan fingerprint density at radius 3 is 2.67 bits per heavy atom. The smallest absolute Gasteiger partial charge is 0.254 e. The number of nitrogens with one attached hydrogen (secondary N) is 2. The number of aryl methyl sites for hydroxylation is 1. The molecular weight excluding hydrogens is 382 g/mol. The zero-order valence-corrected chi connectivity index (χ0v) is 17.4. The van der Waals surface area contributed by atoms with Crippen LogP contribution >= 0.6 is 0 Å². The van der Waals surface area contributed by atoms with E-state index in [0.29, 0.717) is 19.0 Å². The lowest BCUT2D eigenvalue weighted by Gasteiger charge is -2.28. The summed E-state index contributed by atoms with van der Waals surface area (Å²) in [6, 6.07) is 3.51. The van der Waals surface area contributed by atoms with Crippen molar-refractivity contribution in [1.29, 1.82) is 0 Å². The van der Waals surface area contributed by atoms with Gasteiger partial charge in [-0.3, -0.25) is 14.2 Å². The Kier molecular flexibility index (Phi) is 6.25. The van der Waals surface area contributed by atoms with Crippen LogP contribution in [0.4, 0.5) is 11.6 Å². The molecule has 0 spiro atoms. The fourth-order valence-corrected chi connectivity index (χ4v) is 3.69. The van der Waals surface area contributed by atoms with Crippen LogP contribution in [-0.4, -0.2) is 51.6 Å². The van der Waals surface area contributed by atoms with E-state index in [0.717, 1.165) is 49.1 Å². The molecule has 1 saturated heterocycles. The van der Waals surface area contributed by atoms with Crippen LogP contribution in [0, 0.1) is 6.92 Å². The van der Waals surface area contributed by atoms with Crippen LogP contribution in [0.1, 0.15) is 49.5 Å². The average molecular weight is 412 g/mol. The fourth-order valence-electron chi connectivity index (χ4n) is 3.69. The Bertz CT molecular complexity index is 949. The third kappa shape index (κ3) is 5.34. The van der Waals surface area contributed by atoms with Gasteiger partial charge >= 0.3 is 0 Å². The molecule has 4 rings (SSSR count). The SMILES string of the molecule is Cc1nc(NCCNC(=O)Cn2cnc(C3CC3)cc2=O)cc(N2CCCCC2)n1. The van der Waals surface area contributed by atoms with Gasteiger partial charge in [-0.05, 0) is 39.0 Å². The van der Waals surface area contributed by atoms with Crippen LogP contribution in [-0.2, 0) is 11.3 Å². The molecule has 0 aromatic carbocycles. The van der Waals surface area contributed by atoms with Crippen molar-refractivity contribution in [1.82, 2.24) is 24.8 Å². The highest BCUT2D eigenvalue weighted by atomic mass is 16.2. The van der Waals surface area contributed by atoms with Gasteiger partial charge in [0.1, 0.15) is 24.0 Å². The number of amides is 1. The molecule has 2 aromatic heterocycles. The zero-order chi connectivity index (χ0) is 20.9. The molecule has 3 heterocycles. The maximum atomic E-state index is 12.2. The first-order chi connectivity index (χ1) is 14.6. The lowest BCUT2D eigenvalue weighted by molar-refractivity contribution is -0.121. The minimum absolute atomic E-state index is 0.0253. The Morgan fingerprint density at radius 1 is 1.13 bits per heavy atom. The van der Waals surface area contributed by atoms with E-state index in [-0.39, 0.29) is 18.0 Å². The van der Waals surface area contributed by atoms with Gasteiger partial charge in [-0.1, -0.05) is 0 Å². The first kappa shape index (κ1) is 20.3. The van der Waals surface area contributed by atoms with E-state index in [1.807, 2.05) is 13.0 Å². The summed E-state index contributed by atoms with van der Waals surface area (Å²) in [7, 11) is 0. The molecule has 2 fully saturated rings. The zero-order valence-electron chi connectivity index (χ0n) is 17.4. The van der Waals surface area contributed by atoms with Crippen LogP contribution < -0.4 is 21.1 Å². The van der Waals surface area contributed by atoms with Gasteiger partial charge < -0.3 is 15.5 Å². The molecule has 2 aromatic rings. The van der Waals surface area contributed by atoms with Gasteiger partial charge in [-0.2, -0.15) is 0 Å². The summed E-state index contributed by atoms with van der Waals surface area (Å²) in [4.78, 5) is 39.9. The van der Waals surface area contributed by atoms with Crippen molar-refractivity contribution in [2.24, 2.45) is 0 Å². The molecule has 0 radical (unpaired) electrons. The summed E-state index contributed by atoms with van der Waals surface area (Å²) < 4.78 is 1.34. The van der Waals surface area contributed by atoms with E-state index in [4.69, 9.17) is 0 Å². The molecule has 2 N–H and O–H groups in total. The second-order valence-electron chi connectivity index (χ2n) is 8.04. The van der Waals surface area contributed by atoms with Gasteiger partial charge in [0, 0.05) is 44.2 Å². The number of carbonyl (C=O) groups is 1. The maximum absolute atomic E-state index is 12.2. The van der Waals surface area contributed by atoms with Crippen molar-refractivity contribution in [3.63, 3.8) is 0 Å². The topological polar surface area (TPSA) is 105 Å². The molecule has 9 nitrogen and oxygen atoms in total. The Balaban J connectivity index is 1.24. The summed E-state index contributed by atoms with van der Waals surface area (Å²) in [5.41, 5.74) is 0.659. The van der Waals surface area contributed by atoms with Crippen LogP contribution in [0.25, 0.3) is 0 Å². The average Bonchev–Trinajstić information content (AvgIpc) is 3.58. The minimum Gasteiger partial charge on any atom is -0.368 e. The van der Waals surface area contributed by atoms with Crippen molar-refractivity contribution in [3.05, 3.63) is 40.3 Å². The van der Waals surface area contributed by atoms with E-state index < -0.39 is 0 Å². The predicted molar refractivity (Wildman–Crippen MR) is 115 cm³/mol. The Labute approximate surface area is 175 Å². The third-order valence-electron chi connectivity index (χ3n) is 5.47. The van der Waals surface area contributed by atoms with Crippen LogP contribution in [0.15, 0.2) is 23.3 Å². The van der Waals surface area contributed by atoms with Gasteiger partial charge in [-0.15, -0.1) is 0 Å². The largest absolute Gasteiger partial charge is 0.368 e. The summed E-state index contributed by atoms with van der Waals surface area (Å²) >= 11 is 0. The van der Waals surface area contributed by atoms with Crippen molar-refractivity contribution in [3.8, 4) is 0 Å².